The van der Waals surface area contributed by atoms with Gasteiger partial charge in [-0.15, -0.1) is 0 Å². The number of nitrogens with zero attached hydrogens (tertiary/aromatic N) is 1. The number of primary amides is 1. The molecule has 0 saturated heterocycles. The van der Waals surface area contributed by atoms with Gasteiger partial charge in [0.15, 0.2) is 0 Å². The number of halogens is 1. The molecule has 7 nitrogen and oxygen atoms in total. The van der Waals surface area contributed by atoms with Gasteiger partial charge in [0.2, 0.25) is 11.8 Å². The number of alkyl carbamates (subject to hydrolysis) is 1. The highest BCUT2D eigenvalue weighted by atomic mass is 19.1. The molecule has 0 spiro atoms. The molecular formula is C18H26FN3O4. The first-order valence-corrected chi connectivity index (χ1v) is 8.33. The maximum atomic E-state index is 13.0. The molecule has 1 rings (SSSR count). The van der Waals surface area contributed by atoms with Crippen LogP contribution in [0.2, 0.25) is 0 Å². The normalized spacial score (nSPS) is 12.2. The number of nitrogens with one attached hydrogen (secondary N) is 1. The van der Waals surface area contributed by atoms with E-state index < -0.39 is 35.4 Å². The Hall–Kier alpha value is -2.64. The lowest BCUT2D eigenvalue weighted by atomic mass is 10.0. The Morgan fingerprint density at radius 1 is 1.23 bits per heavy atom. The van der Waals surface area contributed by atoms with Crippen molar-refractivity contribution in [2.75, 3.05) is 13.1 Å². The Bertz CT molecular complexity index is 641. The zero-order valence-electron chi connectivity index (χ0n) is 15.5. The first-order valence-electron chi connectivity index (χ1n) is 8.33. The SMILES string of the molecule is CCN(C(=O)CNC(=O)OC(C)(C)C)[C@@H](Cc1ccc(F)cc1)C(N)=O. The molecule has 0 saturated carbocycles. The highest BCUT2D eigenvalue weighted by Crippen LogP contribution is 2.11. The molecule has 3 amide bonds. The average Bonchev–Trinajstić information content (AvgIpc) is 2.52. The molecule has 1 aromatic rings. The number of carbonyl (C=O) groups excluding carboxylic acids is 3. The maximum Gasteiger partial charge on any atom is 0.408 e. The Kier molecular flexibility index (Phi) is 7.55. The minimum absolute atomic E-state index is 0.154. The van der Waals surface area contributed by atoms with Crippen LogP contribution in [0.25, 0.3) is 0 Å². The van der Waals surface area contributed by atoms with Crippen LogP contribution in [0.4, 0.5) is 9.18 Å². The fourth-order valence-corrected chi connectivity index (χ4v) is 2.34. The molecule has 0 aromatic heterocycles. The summed E-state index contributed by atoms with van der Waals surface area (Å²) in [6, 6.07) is 4.70. The average molecular weight is 367 g/mol. The highest BCUT2D eigenvalue weighted by molar-refractivity contribution is 5.89. The zero-order chi connectivity index (χ0) is 19.9. The van der Waals surface area contributed by atoms with Crippen LogP contribution in [0.5, 0.6) is 0 Å². The predicted molar refractivity (Wildman–Crippen MR) is 94.7 cm³/mol. The molecule has 0 aliphatic heterocycles. The number of hydrogen-bond donors (Lipinski definition) is 2. The summed E-state index contributed by atoms with van der Waals surface area (Å²) < 4.78 is 18.1. The minimum Gasteiger partial charge on any atom is -0.444 e. The second-order valence-electron chi connectivity index (χ2n) is 6.78. The summed E-state index contributed by atoms with van der Waals surface area (Å²) in [6.07, 6.45) is -0.571. The van der Waals surface area contributed by atoms with E-state index in [-0.39, 0.29) is 19.5 Å². The van der Waals surface area contributed by atoms with Crippen LogP contribution < -0.4 is 11.1 Å². The molecule has 0 radical (unpaired) electrons. The molecule has 0 bridgehead atoms. The summed E-state index contributed by atoms with van der Waals surface area (Å²) in [4.78, 5) is 37.2. The first-order chi connectivity index (χ1) is 12.0. The molecule has 0 unspecified atom stereocenters. The van der Waals surface area contributed by atoms with Crippen LogP contribution >= 0.6 is 0 Å². The number of benzene rings is 1. The molecule has 0 heterocycles. The third-order valence-electron chi connectivity index (χ3n) is 3.49. The van der Waals surface area contributed by atoms with E-state index in [9.17, 15) is 18.8 Å². The number of rotatable bonds is 7. The monoisotopic (exact) mass is 367 g/mol. The number of ether oxygens (including phenoxy) is 1. The fourth-order valence-electron chi connectivity index (χ4n) is 2.34. The van der Waals surface area contributed by atoms with Crippen molar-refractivity contribution in [1.29, 1.82) is 0 Å². The van der Waals surface area contributed by atoms with Gasteiger partial charge >= 0.3 is 6.09 Å². The largest absolute Gasteiger partial charge is 0.444 e. The van der Waals surface area contributed by atoms with Gasteiger partial charge in [-0.3, -0.25) is 9.59 Å². The van der Waals surface area contributed by atoms with Crippen LogP contribution in [-0.2, 0) is 20.7 Å². The van der Waals surface area contributed by atoms with Crippen LogP contribution in [0.3, 0.4) is 0 Å². The molecule has 0 fully saturated rings. The van der Waals surface area contributed by atoms with E-state index in [2.05, 4.69) is 5.32 Å². The number of likely N-dealkylation sites (N-methyl/N-ethyl adjacent to an activating group) is 1. The number of amides is 3. The van der Waals surface area contributed by atoms with Crippen molar-refractivity contribution >= 4 is 17.9 Å². The predicted octanol–water partition coefficient (Wildman–Crippen LogP) is 1.60. The first kappa shape index (κ1) is 21.4. The molecule has 3 N–H and O–H groups in total. The number of hydrogen-bond acceptors (Lipinski definition) is 4. The van der Waals surface area contributed by atoms with Gasteiger partial charge in [-0.1, -0.05) is 12.1 Å². The third kappa shape index (κ3) is 7.08. The van der Waals surface area contributed by atoms with E-state index in [1.807, 2.05) is 0 Å². The van der Waals surface area contributed by atoms with Crippen molar-refractivity contribution in [2.24, 2.45) is 5.73 Å². The van der Waals surface area contributed by atoms with Gasteiger partial charge in [0.25, 0.3) is 0 Å². The van der Waals surface area contributed by atoms with E-state index >= 15 is 0 Å². The van der Waals surface area contributed by atoms with E-state index in [0.29, 0.717) is 5.56 Å². The van der Waals surface area contributed by atoms with Crippen LogP contribution in [0.15, 0.2) is 24.3 Å². The second-order valence-corrected chi connectivity index (χ2v) is 6.78. The molecule has 26 heavy (non-hydrogen) atoms. The molecule has 0 aliphatic carbocycles. The summed E-state index contributed by atoms with van der Waals surface area (Å²) in [5.74, 6) is -1.54. The topological polar surface area (TPSA) is 102 Å². The molecule has 144 valence electrons. The molecule has 1 atom stereocenters. The smallest absolute Gasteiger partial charge is 0.408 e. The molecular weight excluding hydrogens is 341 g/mol. The van der Waals surface area contributed by atoms with Gasteiger partial charge in [0.1, 0.15) is 24.0 Å². The molecule has 0 aliphatic rings. The second kappa shape index (κ2) is 9.17. The Morgan fingerprint density at radius 2 is 1.81 bits per heavy atom. The van der Waals surface area contributed by atoms with E-state index in [1.54, 1.807) is 27.7 Å². The Labute approximate surface area is 152 Å². The maximum absolute atomic E-state index is 13.0. The van der Waals surface area contributed by atoms with Crippen molar-refractivity contribution in [3.05, 3.63) is 35.6 Å². The summed E-state index contributed by atoms with van der Waals surface area (Å²) in [5.41, 5.74) is 5.43. The van der Waals surface area contributed by atoms with Crippen molar-refractivity contribution in [2.45, 2.75) is 45.8 Å². The quantitative estimate of drug-likeness (QED) is 0.764. The summed E-state index contributed by atoms with van der Waals surface area (Å²) in [6.45, 7) is 6.72. The van der Waals surface area contributed by atoms with Crippen molar-refractivity contribution in [1.82, 2.24) is 10.2 Å². The Morgan fingerprint density at radius 3 is 2.27 bits per heavy atom. The summed E-state index contributed by atoms with van der Waals surface area (Å²) in [7, 11) is 0. The van der Waals surface area contributed by atoms with E-state index in [0.717, 1.165) is 0 Å². The van der Waals surface area contributed by atoms with Gasteiger partial charge in [0, 0.05) is 13.0 Å². The highest BCUT2D eigenvalue weighted by Gasteiger charge is 2.28. The lowest BCUT2D eigenvalue weighted by molar-refractivity contribution is -0.138. The fraction of sp³-hybridized carbons (Fsp3) is 0.500. The van der Waals surface area contributed by atoms with Crippen LogP contribution in [0, 0.1) is 5.82 Å². The van der Waals surface area contributed by atoms with Crippen LogP contribution in [0.1, 0.15) is 33.3 Å². The third-order valence-corrected chi connectivity index (χ3v) is 3.49. The number of nitrogens with two attached hydrogens (primary N) is 1. The number of carbonyl (C=O) groups is 3. The molecule has 1 aromatic carbocycles. The summed E-state index contributed by atoms with van der Waals surface area (Å²) >= 11 is 0. The van der Waals surface area contributed by atoms with Gasteiger partial charge in [-0.25, -0.2) is 9.18 Å². The minimum atomic E-state index is -0.904. The van der Waals surface area contributed by atoms with Crippen molar-refractivity contribution in [3.8, 4) is 0 Å². The van der Waals surface area contributed by atoms with Gasteiger partial charge in [-0.2, -0.15) is 0 Å². The van der Waals surface area contributed by atoms with Gasteiger partial charge in [-0.05, 0) is 45.4 Å². The standard InChI is InChI=1S/C18H26FN3O4/c1-5-22(15(23)11-21-17(25)26-18(2,3)4)14(16(20)24)10-12-6-8-13(19)9-7-12/h6-9,14H,5,10-11H2,1-4H3,(H2,20,24)(H,21,25)/t14-/m0/s1. The van der Waals surface area contributed by atoms with E-state index in [1.165, 1.54) is 29.2 Å². The lowest BCUT2D eigenvalue weighted by Crippen LogP contribution is -2.52. The summed E-state index contributed by atoms with van der Waals surface area (Å²) in [5, 5.41) is 2.36. The zero-order valence-corrected chi connectivity index (χ0v) is 15.5. The Balaban J connectivity index is 2.77. The lowest BCUT2D eigenvalue weighted by Gasteiger charge is -2.29. The van der Waals surface area contributed by atoms with Crippen molar-refractivity contribution in [3.63, 3.8) is 0 Å². The van der Waals surface area contributed by atoms with Crippen molar-refractivity contribution < 1.29 is 23.5 Å². The molecule has 8 heteroatoms. The van der Waals surface area contributed by atoms with Gasteiger partial charge < -0.3 is 20.7 Å². The van der Waals surface area contributed by atoms with Gasteiger partial charge in [0.05, 0.1) is 0 Å². The van der Waals surface area contributed by atoms with Crippen LogP contribution in [-0.4, -0.2) is 47.5 Å². The van der Waals surface area contributed by atoms with E-state index in [4.69, 9.17) is 10.5 Å².